The fraction of sp³-hybridized carbons (Fsp3) is 0.222. The number of alkyl halides is 3. The molecule has 3 heterocycles. The summed E-state index contributed by atoms with van der Waals surface area (Å²) in [6.45, 7) is 0.414. The molecule has 39 heavy (non-hydrogen) atoms. The van der Waals surface area contributed by atoms with E-state index in [2.05, 4.69) is 25.9 Å². The molecular weight excluding hydrogens is 518 g/mol. The van der Waals surface area contributed by atoms with Crippen molar-refractivity contribution in [3.8, 4) is 0 Å². The third kappa shape index (κ3) is 5.70. The smallest absolute Gasteiger partial charge is 0.378 e. The molecule has 4 N–H and O–H groups in total. The van der Waals surface area contributed by atoms with Crippen molar-refractivity contribution in [1.82, 2.24) is 20.6 Å². The number of halogens is 4. The Bertz CT molecular complexity index is 1510. The molecule has 2 aromatic heterocycles. The quantitative estimate of drug-likeness (QED) is 0.255. The van der Waals surface area contributed by atoms with Crippen molar-refractivity contribution in [2.75, 3.05) is 18.5 Å². The maximum absolute atomic E-state index is 13.4. The first-order valence-corrected chi connectivity index (χ1v) is 12.0. The number of amides is 2. The number of ether oxygens (including phenoxy) is 1. The molecule has 5 rings (SSSR count). The Morgan fingerprint density at radius 3 is 2.59 bits per heavy atom. The van der Waals surface area contributed by atoms with Gasteiger partial charge in [0.05, 0.1) is 23.4 Å². The summed E-state index contributed by atoms with van der Waals surface area (Å²) in [5, 5.41) is 9.02. The molecule has 0 bridgehead atoms. The molecule has 0 saturated carbocycles. The van der Waals surface area contributed by atoms with Gasteiger partial charge in [-0.05, 0) is 48.0 Å². The van der Waals surface area contributed by atoms with E-state index in [0.29, 0.717) is 35.1 Å². The maximum Gasteiger partial charge on any atom is 0.418 e. The molecule has 1 saturated heterocycles. The van der Waals surface area contributed by atoms with Crippen LogP contribution in [0, 0.1) is 5.82 Å². The zero-order valence-electron chi connectivity index (χ0n) is 20.4. The molecule has 1 fully saturated rings. The lowest BCUT2D eigenvalue weighted by Gasteiger charge is -2.27. The summed E-state index contributed by atoms with van der Waals surface area (Å²) in [5.41, 5.74) is -0.692. The van der Waals surface area contributed by atoms with Gasteiger partial charge in [0.2, 0.25) is 5.91 Å². The van der Waals surface area contributed by atoms with Crippen molar-refractivity contribution in [2.45, 2.75) is 24.7 Å². The van der Waals surface area contributed by atoms with Crippen LogP contribution in [0.1, 0.15) is 27.9 Å². The number of fused-ring (bicyclic) bond motifs is 1. The standard InChI is InChI=1S/C27H23F4N5O3/c28-19-3-6-22(21(12-19)27(29,30)31)35-20-4-1-16(2-5-20)13-34-25(38)26(8-10-39-15-26)36-24(37)18-11-17-7-9-32-23(17)33-14-18/h1-7,9,11-12,14,35H,8,10,13,15H2,(H,32,33)(H,34,38)(H,36,37)/t26-/m0/s1. The van der Waals surface area contributed by atoms with Gasteiger partial charge < -0.3 is 25.7 Å². The largest absolute Gasteiger partial charge is 0.418 e. The molecule has 12 heteroatoms. The first-order chi connectivity index (χ1) is 18.6. The third-order valence-electron chi connectivity index (χ3n) is 6.44. The van der Waals surface area contributed by atoms with Gasteiger partial charge in [-0.15, -0.1) is 0 Å². The lowest BCUT2D eigenvalue weighted by atomic mass is 9.96. The van der Waals surface area contributed by atoms with Crippen molar-refractivity contribution in [1.29, 1.82) is 0 Å². The molecule has 2 aromatic carbocycles. The summed E-state index contributed by atoms with van der Waals surface area (Å²) < 4.78 is 58.6. The summed E-state index contributed by atoms with van der Waals surface area (Å²) in [7, 11) is 0. The Labute approximate surface area is 219 Å². The predicted octanol–water partition coefficient (Wildman–Crippen LogP) is 4.67. The maximum atomic E-state index is 13.4. The Morgan fingerprint density at radius 1 is 1.08 bits per heavy atom. The lowest BCUT2D eigenvalue weighted by molar-refractivity contribution is -0.137. The number of H-pyrrole nitrogens is 1. The van der Waals surface area contributed by atoms with Crippen molar-refractivity contribution < 1.29 is 31.9 Å². The molecule has 0 unspecified atom stereocenters. The number of benzene rings is 2. The van der Waals surface area contributed by atoms with Crippen LogP contribution in [0.2, 0.25) is 0 Å². The van der Waals surface area contributed by atoms with E-state index in [1.807, 2.05) is 0 Å². The van der Waals surface area contributed by atoms with E-state index < -0.39 is 34.9 Å². The number of rotatable bonds is 7. The van der Waals surface area contributed by atoms with Gasteiger partial charge in [-0.1, -0.05) is 12.1 Å². The van der Waals surface area contributed by atoms with Crippen LogP contribution in [0.5, 0.6) is 0 Å². The van der Waals surface area contributed by atoms with Crippen LogP contribution in [0.4, 0.5) is 28.9 Å². The molecule has 1 aliphatic rings. The molecule has 8 nitrogen and oxygen atoms in total. The van der Waals surface area contributed by atoms with Crippen LogP contribution in [0.3, 0.4) is 0 Å². The highest BCUT2D eigenvalue weighted by atomic mass is 19.4. The molecule has 0 radical (unpaired) electrons. The first-order valence-electron chi connectivity index (χ1n) is 12.0. The Hall–Kier alpha value is -4.45. The van der Waals surface area contributed by atoms with E-state index in [4.69, 9.17) is 4.74 Å². The van der Waals surface area contributed by atoms with Gasteiger partial charge in [0, 0.05) is 43.0 Å². The molecule has 4 aromatic rings. The van der Waals surface area contributed by atoms with Gasteiger partial charge in [0.1, 0.15) is 17.0 Å². The molecule has 2 amide bonds. The monoisotopic (exact) mass is 541 g/mol. The van der Waals surface area contributed by atoms with Crippen molar-refractivity contribution >= 4 is 34.2 Å². The first kappa shape index (κ1) is 26.2. The van der Waals surface area contributed by atoms with Crippen LogP contribution in [0.25, 0.3) is 11.0 Å². The minimum absolute atomic E-state index is 0.00642. The fourth-order valence-corrected chi connectivity index (χ4v) is 4.33. The number of nitrogens with zero attached hydrogens (tertiary/aromatic N) is 1. The number of aromatic amines is 1. The molecule has 202 valence electrons. The zero-order chi connectivity index (χ0) is 27.6. The van der Waals surface area contributed by atoms with Crippen LogP contribution >= 0.6 is 0 Å². The fourth-order valence-electron chi connectivity index (χ4n) is 4.33. The highest BCUT2D eigenvalue weighted by Gasteiger charge is 2.43. The molecule has 0 spiro atoms. The van der Waals surface area contributed by atoms with Crippen molar-refractivity contribution in [3.05, 3.63) is 89.5 Å². The Kier molecular flexibility index (Phi) is 6.96. The van der Waals surface area contributed by atoms with Gasteiger partial charge in [-0.25, -0.2) is 9.37 Å². The summed E-state index contributed by atoms with van der Waals surface area (Å²) >= 11 is 0. The van der Waals surface area contributed by atoms with Crippen LogP contribution < -0.4 is 16.0 Å². The van der Waals surface area contributed by atoms with Crippen LogP contribution in [-0.2, 0) is 22.3 Å². The van der Waals surface area contributed by atoms with Gasteiger partial charge in [-0.2, -0.15) is 13.2 Å². The Balaban J connectivity index is 1.23. The van der Waals surface area contributed by atoms with E-state index >= 15 is 0 Å². The second-order valence-electron chi connectivity index (χ2n) is 9.17. The second-order valence-corrected chi connectivity index (χ2v) is 9.17. The normalized spacial score (nSPS) is 17.2. The molecular formula is C27H23F4N5O3. The predicted molar refractivity (Wildman–Crippen MR) is 135 cm³/mol. The van der Waals surface area contributed by atoms with Crippen LogP contribution in [0.15, 0.2) is 67.0 Å². The number of carbonyl (C=O) groups is 2. The van der Waals surface area contributed by atoms with Gasteiger partial charge in [0.15, 0.2) is 0 Å². The number of pyridine rings is 1. The van der Waals surface area contributed by atoms with E-state index in [9.17, 15) is 27.2 Å². The number of carbonyl (C=O) groups excluding carboxylic acids is 2. The second kappa shape index (κ2) is 10.4. The van der Waals surface area contributed by atoms with Gasteiger partial charge in [0.25, 0.3) is 5.91 Å². The van der Waals surface area contributed by atoms with E-state index in [1.54, 1.807) is 42.6 Å². The summed E-state index contributed by atoms with van der Waals surface area (Å²) in [6, 6.07) is 12.2. The van der Waals surface area contributed by atoms with E-state index in [0.717, 1.165) is 17.5 Å². The van der Waals surface area contributed by atoms with E-state index in [-0.39, 0.29) is 25.3 Å². The summed E-state index contributed by atoms with van der Waals surface area (Å²) in [6.07, 6.45) is -1.30. The molecule has 1 atom stereocenters. The van der Waals surface area contributed by atoms with Gasteiger partial charge >= 0.3 is 6.18 Å². The summed E-state index contributed by atoms with van der Waals surface area (Å²) in [5.74, 6) is -1.87. The van der Waals surface area contributed by atoms with Crippen molar-refractivity contribution in [2.24, 2.45) is 0 Å². The number of hydrogen-bond acceptors (Lipinski definition) is 5. The molecule has 1 aliphatic heterocycles. The minimum atomic E-state index is -4.73. The minimum Gasteiger partial charge on any atom is -0.378 e. The number of hydrogen-bond donors (Lipinski definition) is 4. The average molecular weight is 542 g/mol. The Morgan fingerprint density at radius 2 is 1.87 bits per heavy atom. The lowest BCUT2D eigenvalue weighted by Crippen LogP contribution is -2.59. The SMILES string of the molecule is O=C(N[C@@]1(C(=O)NCc2ccc(Nc3ccc(F)cc3C(F)(F)F)cc2)CCOC1)c1cnc2[nH]ccc2c1. The topological polar surface area (TPSA) is 108 Å². The van der Waals surface area contributed by atoms with Gasteiger partial charge in [-0.3, -0.25) is 9.59 Å². The number of aromatic nitrogens is 2. The highest BCUT2D eigenvalue weighted by Crippen LogP contribution is 2.36. The average Bonchev–Trinajstić information content (AvgIpc) is 3.58. The van der Waals surface area contributed by atoms with E-state index in [1.165, 1.54) is 6.20 Å². The summed E-state index contributed by atoms with van der Waals surface area (Å²) in [4.78, 5) is 33.3. The highest BCUT2D eigenvalue weighted by molar-refractivity contribution is 6.01. The van der Waals surface area contributed by atoms with Crippen molar-refractivity contribution in [3.63, 3.8) is 0 Å². The number of nitrogens with one attached hydrogen (secondary N) is 4. The zero-order valence-corrected chi connectivity index (χ0v) is 20.4. The number of anilines is 2. The third-order valence-corrected chi connectivity index (χ3v) is 6.44. The van der Waals surface area contributed by atoms with Crippen LogP contribution in [-0.4, -0.2) is 40.5 Å². The molecule has 0 aliphatic carbocycles.